The Kier molecular flexibility index (Phi) is 2.04. The maximum Gasteiger partial charge on any atom is 0.238 e. The molecule has 0 aromatic carbocycles. The highest BCUT2D eigenvalue weighted by Crippen LogP contribution is 2.39. The molecule has 0 unspecified atom stereocenters. The lowest BCUT2D eigenvalue weighted by Gasteiger charge is -2.27. The number of amides is 1. The van der Waals surface area contributed by atoms with Gasteiger partial charge in [0.15, 0.2) is 0 Å². The molecule has 2 saturated heterocycles. The van der Waals surface area contributed by atoms with Crippen molar-refractivity contribution in [1.29, 1.82) is 0 Å². The third kappa shape index (κ3) is 1.16. The Morgan fingerprint density at radius 1 is 1.69 bits per heavy atom. The summed E-state index contributed by atoms with van der Waals surface area (Å²) in [6.45, 7) is 1.85. The number of nitrogens with zero attached hydrogens (tertiary/aromatic N) is 1. The third-order valence-corrected chi connectivity index (χ3v) is 3.41. The van der Waals surface area contributed by atoms with Crippen molar-refractivity contribution in [3.8, 4) is 0 Å². The molecule has 0 radical (unpaired) electrons. The molecule has 2 atom stereocenters. The summed E-state index contributed by atoms with van der Waals surface area (Å²) in [5.41, 5.74) is 5.08. The number of nitrogens with two attached hydrogens (primary N) is 1. The summed E-state index contributed by atoms with van der Waals surface area (Å²) >= 11 is 0. The van der Waals surface area contributed by atoms with Crippen molar-refractivity contribution in [2.45, 2.75) is 30.9 Å². The van der Waals surface area contributed by atoms with Gasteiger partial charge in [-0.25, -0.2) is 0 Å². The summed E-state index contributed by atoms with van der Waals surface area (Å²) in [6.07, 6.45) is 2.95. The van der Waals surface area contributed by atoms with Crippen LogP contribution in [0.2, 0.25) is 0 Å². The quantitative estimate of drug-likeness (QED) is 0.642. The molecule has 0 spiro atoms. The lowest BCUT2D eigenvalue weighted by molar-refractivity contribution is -0.127. The van der Waals surface area contributed by atoms with Crippen LogP contribution in [0.1, 0.15) is 19.3 Å². The zero-order valence-electron chi connectivity index (χ0n) is 7.95. The normalized spacial score (nSPS) is 39.3. The van der Waals surface area contributed by atoms with Crippen LogP contribution in [-0.4, -0.2) is 42.6 Å². The Hall–Kier alpha value is -0.610. The lowest BCUT2D eigenvalue weighted by atomic mass is 9.93. The minimum absolute atomic E-state index is 0.176. The number of primary amides is 1. The Morgan fingerprint density at radius 3 is 3.00 bits per heavy atom. The van der Waals surface area contributed by atoms with Gasteiger partial charge in [0.05, 0.1) is 6.10 Å². The number of hydrogen-bond donors (Lipinski definition) is 1. The van der Waals surface area contributed by atoms with E-state index in [1.165, 1.54) is 0 Å². The highest BCUT2D eigenvalue weighted by Gasteiger charge is 2.52. The molecule has 1 amide bonds. The summed E-state index contributed by atoms with van der Waals surface area (Å²) in [5.74, 6) is -0.176. The molecule has 2 aliphatic rings. The molecule has 2 fully saturated rings. The van der Waals surface area contributed by atoms with Crippen molar-refractivity contribution in [2.75, 3.05) is 20.2 Å². The molecule has 0 aliphatic carbocycles. The van der Waals surface area contributed by atoms with Crippen molar-refractivity contribution < 1.29 is 9.53 Å². The van der Waals surface area contributed by atoms with E-state index in [-0.39, 0.29) is 17.6 Å². The van der Waals surface area contributed by atoms with Gasteiger partial charge in [0, 0.05) is 20.1 Å². The number of rotatable bonds is 2. The maximum absolute atomic E-state index is 11.4. The van der Waals surface area contributed by atoms with Gasteiger partial charge in [-0.2, -0.15) is 0 Å². The van der Waals surface area contributed by atoms with E-state index in [0.717, 1.165) is 32.4 Å². The fourth-order valence-electron chi connectivity index (χ4n) is 2.66. The van der Waals surface area contributed by atoms with Crippen LogP contribution in [0.4, 0.5) is 0 Å². The molecule has 2 heterocycles. The van der Waals surface area contributed by atoms with Crippen molar-refractivity contribution in [1.82, 2.24) is 4.90 Å². The summed E-state index contributed by atoms with van der Waals surface area (Å²) in [4.78, 5) is 13.6. The predicted molar refractivity (Wildman–Crippen MR) is 48.1 cm³/mol. The van der Waals surface area contributed by atoms with Crippen LogP contribution in [0, 0.1) is 0 Å². The van der Waals surface area contributed by atoms with Crippen LogP contribution in [0.15, 0.2) is 0 Å². The molecule has 0 saturated carbocycles. The molecular formula is C9H16N2O2. The fraction of sp³-hybridized carbons (Fsp3) is 0.889. The molecule has 2 N–H and O–H groups in total. The molecule has 2 rings (SSSR count). The topological polar surface area (TPSA) is 55.6 Å². The van der Waals surface area contributed by atoms with Crippen molar-refractivity contribution >= 4 is 5.91 Å². The molecule has 0 aromatic rings. The first kappa shape index (κ1) is 8.97. The number of hydrogen-bond acceptors (Lipinski definition) is 3. The smallest absolute Gasteiger partial charge is 0.238 e. The van der Waals surface area contributed by atoms with Gasteiger partial charge in [-0.15, -0.1) is 0 Å². The van der Waals surface area contributed by atoms with Gasteiger partial charge >= 0.3 is 0 Å². The predicted octanol–water partition coefficient (Wildman–Crippen LogP) is -0.275. The number of ether oxygens (including phenoxy) is 1. The highest BCUT2D eigenvalue weighted by atomic mass is 16.5. The van der Waals surface area contributed by atoms with Crippen molar-refractivity contribution in [3.05, 3.63) is 0 Å². The zero-order chi connectivity index (χ0) is 9.47. The van der Waals surface area contributed by atoms with E-state index < -0.39 is 0 Å². The van der Waals surface area contributed by atoms with Gasteiger partial charge in [-0.1, -0.05) is 0 Å². The average Bonchev–Trinajstić information content (AvgIpc) is 2.58. The Balaban J connectivity index is 2.20. The maximum atomic E-state index is 11.4. The monoisotopic (exact) mass is 184 g/mol. The summed E-state index contributed by atoms with van der Waals surface area (Å²) < 4.78 is 5.27. The summed E-state index contributed by atoms with van der Waals surface area (Å²) in [5, 5.41) is 0. The first-order chi connectivity index (χ1) is 6.19. The molecule has 4 heteroatoms. The Labute approximate surface area is 78.0 Å². The van der Waals surface area contributed by atoms with Crippen LogP contribution in [0.25, 0.3) is 0 Å². The van der Waals surface area contributed by atoms with Crippen LogP contribution < -0.4 is 5.73 Å². The van der Waals surface area contributed by atoms with Gasteiger partial charge in [0.25, 0.3) is 0 Å². The van der Waals surface area contributed by atoms with Crippen molar-refractivity contribution in [2.24, 2.45) is 5.73 Å². The van der Waals surface area contributed by atoms with E-state index in [2.05, 4.69) is 4.90 Å². The van der Waals surface area contributed by atoms with Gasteiger partial charge in [0.1, 0.15) is 5.54 Å². The van der Waals surface area contributed by atoms with E-state index in [9.17, 15) is 4.79 Å². The Morgan fingerprint density at radius 2 is 2.46 bits per heavy atom. The fourth-order valence-corrected chi connectivity index (χ4v) is 2.66. The zero-order valence-corrected chi connectivity index (χ0v) is 7.95. The van der Waals surface area contributed by atoms with Crippen LogP contribution in [-0.2, 0) is 9.53 Å². The second-order valence-corrected chi connectivity index (χ2v) is 4.01. The molecule has 0 bridgehead atoms. The molecule has 74 valence electrons. The van der Waals surface area contributed by atoms with Crippen LogP contribution in [0.3, 0.4) is 0 Å². The molecule has 4 nitrogen and oxygen atoms in total. The van der Waals surface area contributed by atoms with E-state index in [1.54, 1.807) is 7.11 Å². The summed E-state index contributed by atoms with van der Waals surface area (Å²) in [7, 11) is 1.70. The molecular weight excluding hydrogens is 168 g/mol. The van der Waals surface area contributed by atoms with Gasteiger partial charge in [-0.05, 0) is 19.4 Å². The first-order valence-electron chi connectivity index (χ1n) is 4.77. The number of methoxy groups -OCH3 is 1. The van der Waals surface area contributed by atoms with E-state index in [0.29, 0.717) is 0 Å². The summed E-state index contributed by atoms with van der Waals surface area (Å²) in [6, 6.07) is 0. The van der Waals surface area contributed by atoms with E-state index in [1.807, 2.05) is 0 Å². The average molecular weight is 184 g/mol. The SMILES string of the molecule is CO[C@H]1CN2CCC[C@@]2(C(N)=O)C1. The van der Waals surface area contributed by atoms with Crippen LogP contribution >= 0.6 is 0 Å². The first-order valence-corrected chi connectivity index (χ1v) is 4.77. The van der Waals surface area contributed by atoms with Crippen LogP contribution in [0.5, 0.6) is 0 Å². The largest absolute Gasteiger partial charge is 0.380 e. The molecule has 13 heavy (non-hydrogen) atoms. The van der Waals surface area contributed by atoms with Gasteiger partial charge in [-0.3, -0.25) is 9.69 Å². The Bertz CT molecular complexity index is 232. The van der Waals surface area contributed by atoms with E-state index >= 15 is 0 Å². The lowest BCUT2D eigenvalue weighted by Crippen LogP contribution is -2.49. The standard InChI is InChI=1S/C9H16N2O2/c1-13-7-5-9(8(10)12)3-2-4-11(9)6-7/h7H,2-6H2,1H3,(H2,10,12)/t7-,9+/m1/s1. The van der Waals surface area contributed by atoms with Gasteiger partial charge in [0.2, 0.25) is 5.91 Å². The second kappa shape index (κ2) is 2.96. The van der Waals surface area contributed by atoms with Crippen molar-refractivity contribution in [3.63, 3.8) is 0 Å². The highest BCUT2D eigenvalue weighted by molar-refractivity contribution is 5.85. The third-order valence-electron chi connectivity index (χ3n) is 3.41. The second-order valence-electron chi connectivity index (χ2n) is 4.01. The number of carbonyl (C=O) groups excluding carboxylic acids is 1. The minimum atomic E-state index is -0.374. The number of fused-ring (bicyclic) bond motifs is 1. The molecule has 2 aliphatic heterocycles. The van der Waals surface area contributed by atoms with Gasteiger partial charge < -0.3 is 10.5 Å². The minimum Gasteiger partial charge on any atom is -0.380 e. The van der Waals surface area contributed by atoms with E-state index in [4.69, 9.17) is 10.5 Å². The molecule has 0 aromatic heterocycles. The number of carbonyl (C=O) groups is 1.